The van der Waals surface area contributed by atoms with Gasteiger partial charge in [0.25, 0.3) is 5.91 Å². The van der Waals surface area contributed by atoms with Gasteiger partial charge in [-0.2, -0.15) is 0 Å². The number of pyridine rings is 1. The van der Waals surface area contributed by atoms with E-state index >= 15 is 0 Å². The highest BCUT2D eigenvalue weighted by molar-refractivity contribution is 7.90. The number of carbonyl (C=O) groups is 1. The van der Waals surface area contributed by atoms with E-state index in [0.29, 0.717) is 30.8 Å². The minimum absolute atomic E-state index is 0.0473. The Bertz CT molecular complexity index is 968. The third-order valence-corrected chi connectivity index (χ3v) is 6.51. The van der Waals surface area contributed by atoms with E-state index in [-0.39, 0.29) is 24.0 Å². The molecule has 1 aromatic carbocycles. The first-order chi connectivity index (χ1) is 13.6. The molecule has 29 heavy (non-hydrogen) atoms. The van der Waals surface area contributed by atoms with Crippen LogP contribution in [0, 0.1) is 0 Å². The van der Waals surface area contributed by atoms with Crippen molar-refractivity contribution < 1.29 is 23.1 Å². The van der Waals surface area contributed by atoms with Crippen LogP contribution in [-0.4, -0.2) is 53.8 Å². The van der Waals surface area contributed by atoms with Crippen molar-refractivity contribution in [2.75, 3.05) is 18.9 Å². The molecule has 0 bridgehead atoms. The number of rotatable bonds is 7. The quantitative estimate of drug-likeness (QED) is 0.736. The van der Waals surface area contributed by atoms with Crippen LogP contribution in [0.4, 0.5) is 0 Å². The second-order valence-electron chi connectivity index (χ2n) is 7.99. The molecule has 1 N–H and O–H groups in total. The van der Waals surface area contributed by atoms with E-state index in [1.54, 1.807) is 35.5 Å². The van der Waals surface area contributed by atoms with Crippen LogP contribution in [0.5, 0.6) is 5.75 Å². The first-order valence-corrected chi connectivity index (χ1v) is 11.3. The molecular formula is C21H26N2O5S. The summed E-state index contributed by atoms with van der Waals surface area (Å²) in [5.74, 6) is 0.0637. The molecule has 2 aromatic rings. The van der Waals surface area contributed by atoms with Crippen LogP contribution in [0.3, 0.4) is 0 Å². The molecule has 1 aliphatic rings. The molecule has 1 aliphatic heterocycles. The van der Waals surface area contributed by atoms with Crippen LogP contribution in [-0.2, 0) is 33.4 Å². The van der Waals surface area contributed by atoms with Crippen LogP contribution in [0.25, 0.3) is 0 Å². The third kappa shape index (κ3) is 6.27. The molecule has 3 rings (SSSR count). The van der Waals surface area contributed by atoms with Crippen LogP contribution in [0.1, 0.15) is 30.5 Å². The molecule has 0 atom stereocenters. The number of nitrogens with zero attached hydrogens (tertiary/aromatic N) is 2. The number of carbonyl (C=O) groups excluding carboxylic acids is 1. The molecule has 156 valence electrons. The van der Waals surface area contributed by atoms with Crippen LogP contribution < -0.4 is 4.74 Å². The van der Waals surface area contributed by atoms with Gasteiger partial charge < -0.3 is 14.7 Å². The predicted molar refractivity (Wildman–Crippen MR) is 109 cm³/mol. The largest absolute Gasteiger partial charge is 0.482 e. The lowest BCUT2D eigenvalue weighted by atomic mass is 9.97. The highest BCUT2D eigenvalue weighted by atomic mass is 32.2. The van der Waals surface area contributed by atoms with Crippen molar-refractivity contribution in [3.05, 3.63) is 59.4 Å². The number of sulfone groups is 1. The number of hydrogen-bond donors (Lipinski definition) is 1. The topological polar surface area (TPSA) is 96.8 Å². The standard InChI is InChI=1S/C21H26N2O5S/c1-21(2,25)15-29(26,27)14-16-5-6-18-12-23(9-7-17(18)10-16)20(24)13-28-19-4-3-8-22-11-19/h3-6,8,10-11,25H,7,9,12-15H2,1-2H3. The molecule has 0 aliphatic carbocycles. The van der Waals surface area contributed by atoms with E-state index in [2.05, 4.69) is 4.98 Å². The fourth-order valence-electron chi connectivity index (χ4n) is 3.42. The summed E-state index contributed by atoms with van der Waals surface area (Å²) in [6.07, 6.45) is 3.86. The van der Waals surface area contributed by atoms with Gasteiger partial charge in [0.05, 0.1) is 23.3 Å². The van der Waals surface area contributed by atoms with E-state index in [1.165, 1.54) is 13.8 Å². The minimum atomic E-state index is -3.41. The van der Waals surface area contributed by atoms with Gasteiger partial charge in [-0.3, -0.25) is 9.78 Å². The van der Waals surface area contributed by atoms with Crippen molar-refractivity contribution in [2.24, 2.45) is 0 Å². The van der Waals surface area contributed by atoms with E-state index in [9.17, 15) is 18.3 Å². The maximum atomic E-state index is 12.4. The zero-order chi connectivity index (χ0) is 21.1. The molecule has 0 radical (unpaired) electrons. The number of benzene rings is 1. The SMILES string of the molecule is CC(C)(O)CS(=O)(=O)Cc1ccc2c(c1)CCN(C(=O)COc1cccnc1)C2. The van der Waals surface area contributed by atoms with Gasteiger partial charge in [-0.25, -0.2) is 8.42 Å². The summed E-state index contributed by atoms with van der Waals surface area (Å²) in [5.41, 5.74) is 1.51. The summed E-state index contributed by atoms with van der Waals surface area (Å²) in [5, 5.41) is 9.79. The summed E-state index contributed by atoms with van der Waals surface area (Å²) in [6, 6.07) is 9.05. The van der Waals surface area contributed by atoms with Crippen molar-refractivity contribution in [1.29, 1.82) is 0 Å². The smallest absolute Gasteiger partial charge is 0.260 e. The van der Waals surface area contributed by atoms with E-state index in [4.69, 9.17) is 4.74 Å². The van der Waals surface area contributed by atoms with Crippen LogP contribution in [0.15, 0.2) is 42.7 Å². The van der Waals surface area contributed by atoms with Crippen molar-refractivity contribution in [3.63, 3.8) is 0 Å². The van der Waals surface area contributed by atoms with E-state index in [0.717, 1.165) is 11.1 Å². The number of amides is 1. The molecule has 1 amide bonds. The van der Waals surface area contributed by atoms with Gasteiger partial charge in [-0.15, -0.1) is 0 Å². The Hall–Kier alpha value is -2.45. The molecule has 0 saturated carbocycles. The summed E-state index contributed by atoms with van der Waals surface area (Å²) < 4.78 is 30.0. The first kappa shape index (κ1) is 21.3. The Kier molecular flexibility index (Phi) is 6.24. The molecule has 0 unspecified atom stereocenters. The second kappa shape index (κ2) is 8.51. The minimum Gasteiger partial charge on any atom is -0.482 e. The van der Waals surface area contributed by atoms with E-state index in [1.807, 2.05) is 12.1 Å². The number of aromatic nitrogens is 1. The molecule has 7 nitrogen and oxygen atoms in total. The zero-order valence-electron chi connectivity index (χ0n) is 16.7. The van der Waals surface area contributed by atoms with Gasteiger partial charge in [0.2, 0.25) is 0 Å². The Labute approximate surface area is 171 Å². The van der Waals surface area contributed by atoms with Gasteiger partial charge in [0.15, 0.2) is 16.4 Å². The fraction of sp³-hybridized carbons (Fsp3) is 0.429. The Morgan fingerprint density at radius 1 is 1.28 bits per heavy atom. The Morgan fingerprint density at radius 3 is 2.76 bits per heavy atom. The molecule has 2 heterocycles. The lowest BCUT2D eigenvalue weighted by Crippen LogP contribution is -2.38. The molecule has 1 aromatic heterocycles. The highest BCUT2D eigenvalue weighted by Crippen LogP contribution is 2.22. The van der Waals surface area contributed by atoms with Crippen LogP contribution >= 0.6 is 0 Å². The van der Waals surface area contributed by atoms with Crippen LogP contribution in [0.2, 0.25) is 0 Å². The summed E-state index contributed by atoms with van der Waals surface area (Å²) in [7, 11) is -3.41. The summed E-state index contributed by atoms with van der Waals surface area (Å²) in [4.78, 5) is 18.1. The van der Waals surface area contributed by atoms with Gasteiger partial charge in [-0.1, -0.05) is 18.2 Å². The normalized spacial score (nSPS) is 14.4. The van der Waals surface area contributed by atoms with Crippen molar-refractivity contribution in [3.8, 4) is 5.75 Å². The van der Waals surface area contributed by atoms with Gasteiger partial charge in [0, 0.05) is 19.3 Å². The average molecular weight is 419 g/mol. The molecule has 0 fully saturated rings. The first-order valence-electron chi connectivity index (χ1n) is 9.45. The molecule has 0 spiro atoms. The lowest BCUT2D eigenvalue weighted by molar-refractivity contribution is -0.134. The van der Waals surface area contributed by atoms with Gasteiger partial charge >= 0.3 is 0 Å². The number of aliphatic hydroxyl groups is 1. The number of ether oxygens (including phenoxy) is 1. The van der Waals surface area contributed by atoms with Crippen molar-refractivity contribution in [2.45, 2.75) is 38.2 Å². The van der Waals surface area contributed by atoms with Crippen molar-refractivity contribution >= 4 is 15.7 Å². The van der Waals surface area contributed by atoms with Gasteiger partial charge in [0.1, 0.15) is 5.75 Å². The molecule has 8 heteroatoms. The molecule has 0 saturated heterocycles. The third-order valence-electron chi connectivity index (χ3n) is 4.59. The maximum Gasteiger partial charge on any atom is 0.260 e. The summed E-state index contributed by atoms with van der Waals surface area (Å²) in [6.45, 7) is 3.96. The zero-order valence-corrected chi connectivity index (χ0v) is 17.5. The van der Waals surface area contributed by atoms with E-state index < -0.39 is 15.4 Å². The van der Waals surface area contributed by atoms with Gasteiger partial charge in [-0.05, 0) is 49.1 Å². The number of fused-ring (bicyclic) bond motifs is 1. The second-order valence-corrected chi connectivity index (χ2v) is 10.1. The maximum absolute atomic E-state index is 12.4. The van der Waals surface area contributed by atoms with Crippen molar-refractivity contribution in [1.82, 2.24) is 9.88 Å². The average Bonchev–Trinajstić information content (AvgIpc) is 2.64. The number of hydrogen-bond acceptors (Lipinski definition) is 6. The summed E-state index contributed by atoms with van der Waals surface area (Å²) >= 11 is 0. The fourth-order valence-corrected chi connectivity index (χ4v) is 5.29. The lowest BCUT2D eigenvalue weighted by Gasteiger charge is -2.29. The monoisotopic (exact) mass is 418 g/mol. The molecular weight excluding hydrogens is 392 g/mol. The highest BCUT2D eigenvalue weighted by Gasteiger charge is 2.25. The predicted octanol–water partition coefficient (Wildman–Crippen LogP) is 1.73. The Morgan fingerprint density at radius 2 is 2.07 bits per heavy atom. The Balaban J connectivity index is 1.60.